The zero-order valence-corrected chi connectivity index (χ0v) is 11.0. The number of aromatic nitrogens is 1. The molecule has 1 aromatic heterocycles. The second-order valence-corrected chi connectivity index (χ2v) is 4.04. The lowest BCUT2D eigenvalue weighted by Gasteiger charge is -2.09. The van der Waals surface area contributed by atoms with Crippen molar-refractivity contribution in [2.45, 2.75) is 0 Å². The van der Waals surface area contributed by atoms with E-state index in [0.29, 0.717) is 0 Å². The summed E-state index contributed by atoms with van der Waals surface area (Å²) in [6, 6.07) is 6.40. The molecule has 0 aliphatic heterocycles. The van der Waals surface area contributed by atoms with E-state index in [0.717, 1.165) is 6.07 Å². The highest BCUT2D eigenvalue weighted by atomic mass is 16.6. The number of non-ortho nitro benzene ring substituents is 1. The molecule has 0 unspecified atom stereocenters. The van der Waals surface area contributed by atoms with E-state index in [1.54, 1.807) is 0 Å². The molecule has 0 fully saturated rings. The van der Waals surface area contributed by atoms with Crippen molar-refractivity contribution in [3.8, 4) is 5.75 Å². The van der Waals surface area contributed by atoms with Gasteiger partial charge in [-0.2, -0.15) is 0 Å². The van der Waals surface area contributed by atoms with E-state index in [1.807, 2.05) is 0 Å². The van der Waals surface area contributed by atoms with E-state index in [-0.39, 0.29) is 22.7 Å². The van der Waals surface area contributed by atoms with Crippen LogP contribution in [0.1, 0.15) is 10.4 Å². The summed E-state index contributed by atoms with van der Waals surface area (Å²) in [5, 5.41) is 13.2. The van der Waals surface area contributed by atoms with Crippen LogP contribution in [0.5, 0.6) is 5.75 Å². The van der Waals surface area contributed by atoms with Gasteiger partial charge in [0.1, 0.15) is 5.75 Å². The number of amides is 1. The molecule has 1 heterocycles. The summed E-state index contributed by atoms with van der Waals surface area (Å²) in [7, 11) is 1.34. The van der Waals surface area contributed by atoms with Gasteiger partial charge in [-0.1, -0.05) is 0 Å². The quantitative estimate of drug-likeness (QED) is 0.654. The number of methoxy groups -OCH3 is 1. The number of carbonyl (C=O) groups is 1. The number of benzene rings is 1. The predicted octanol–water partition coefficient (Wildman–Crippen LogP) is 1.54. The molecule has 2 rings (SSSR count). The maximum absolute atomic E-state index is 12.0. The molecule has 2 aromatic rings. The minimum absolute atomic E-state index is 0.152. The Hall–Kier alpha value is -3.16. The highest BCUT2D eigenvalue weighted by Gasteiger charge is 2.14. The number of anilines is 1. The first kappa shape index (κ1) is 14.3. The normalized spacial score (nSPS) is 9.95. The lowest BCUT2D eigenvalue weighted by Crippen LogP contribution is -2.16. The van der Waals surface area contributed by atoms with E-state index in [4.69, 9.17) is 4.74 Å². The maximum Gasteiger partial charge on any atom is 0.273 e. The summed E-state index contributed by atoms with van der Waals surface area (Å²) < 4.78 is 5.01. The van der Waals surface area contributed by atoms with Crippen LogP contribution in [-0.4, -0.2) is 22.9 Å². The fourth-order valence-electron chi connectivity index (χ4n) is 1.68. The van der Waals surface area contributed by atoms with Gasteiger partial charge < -0.3 is 15.0 Å². The number of rotatable bonds is 4. The standard InChI is InChI=1S/C13H11N3O5/c1-21-11-7-9(16(19)20)2-3-10(11)15-13(18)8-4-5-14-12(17)6-8/h2-7H,1H3,(H,14,17)(H,15,18). The average Bonchev–Trinajstić information content (AvgIpc) is 2.47. The lowest BCUT2D eigenvalue weighted by molar-refractivity contribution is -0.384. The molecular formula is C13H11N3O5. The number of hydrogen-bond donors (Lipinski definition) is 2. The highest BCUT2D eigenvalue weighted by molar-refractivity contribution is 6.05. The van der Waals surface area contributed by atoms with Crippen molar-refractivity contribution in [3.63, 3.8) is 0 Å². The van der Waals surface area contributed by atoms with Gasteiger partial charge in [-0.3, -0.25) is 19.7 Å². The van der Waals surface area contributed by atoms with Crippen molar-refractivity contribution in [3.05, 3.63) is 62.6 Å². The summed E-state index contributed by atoms with van der Waals surface area (Å²) in [4.78, 5) is 35.7. The molecule has 8 heteroatoms. The fraction of sp³-hybridized carbons (Fsp3) is 0.0769. The summed E-state index contributed by atoms with van der Waals surface area (Å²) >= 11 is 0. The molecule has 0 saturated heterocycles. The average molecular weight is 289 g/mol. The van der Waals surface area contributed by atoms with Crippen molar-refractivity contribution < 1.29 is 14.5 Å². The molecule has 108 valence electrons. The molecule has 0 aliphatic rings. The molecule has 0 saturated carbocycles. The van der Waals surface area contributed by atoms with Crippen molar-refractivity contribution in [1.82, 2.24) is 4.98 Å². The van der Waals surface area contributed by atoms with Crippen molar-refractivity contribution in [2.24, 2.45) is 0 Å². The monoisotopic (exact) mass is 289 g/mol. The van der Waals surface area contributed by atoms with Gasteiger partial charge in [0, 0.05) is 23.9 Å². The third-order valence-corrected chi connectivity index (χ3v) is 2.68. The fourth-order valence-corrected chi connectivity index (χ4v) is 1.68. The molecular weight excluding hydrogens is 278 g/mol. The van der Waals surface area contributed by atoms with E-state index in [1.165, 1.54) is 37.6 Å². The summed E-state index contributed by atoms with van der Waals surface area (Å²) in [5.41, 5.74) is -0.119. The van der Waals surface area contributed by atoms with Gasteiger partial charge >= 0.3 is 0 Å². The Kier molecular flexibility index (Phi) is 3.98. The Bertz CT molecular complexity index is 753. The Balaban J connectivity index is 2.29. The van der Waals surface area contributed by atoms with Crippen LogP contribution < -0.4 is 15.6 Å². The Morgan fingerprint density at radius 1 is 1.33 bits per heavy atom. The van der Waals surface area contributed by atoms with Crippen LogP contribution in [0.2, 0.25) is 0 Å². The first-order valence-electron chi connectivity index (χ1n) is 5.84. The first-order valence-corrected chi connectivity index (χ1v) is 5.84. The molecule has 0 radical (unpaired) electrons. The summed E-state index contributed by atoms with van der Waals surface area (Å²) in [6.45, 7) is 0. The van der Waals surface area contributed by atoms with Crippen LogP contribution in [0.25, 0.3) is 0 Å². The molecule has 0 bridgehead atoms. The topological polar surface area (TPSA) is 114 Å². The summed E-state index contributed by atoms with van der Waals surface area (Å²) in [5.74, 6) is -0.365. The zero-order valence-electron chi connectivity index (χ0n) is 11.0. The second-order valence-electron chi connectivity index (χ2n) is 4.04. The molecule has 0 atom stereocenters. The number of nitrogens with one attached hydrogen (secondary N) is 2. The van der Waals surface area contributed by atoms with Gasteiger partial charge in [0.15, 0.2) is 0 Å². The van der Waals surface area contributed by atoms with E-state index in [9.17, 15) is 19.7 Å². The van der Waals surface area contributed by atoms with Gasteiger partial charge in [-0.15, -0.1) is 0 Å². The smallest absolute Gasteiger partial charge is 0.273 e. The largest absolute Gasteiger partial charge is 0.494 e. The third kappa shape index (κ3) is 3.24. The molecule has 8 nitrogen and oxygen atoms in total. The van der Waals surface area contributed by atoms with E-state index < -0.39 is 16.4 Å². The number of carbonyl (C=O) groups excluding carboxylic acids is 1. The van der Waals surface area contributed by atoms with Gasteiger partial charge in [0.05, 0.1) is 23.8 Å². The van der Waals surface area contributed by atoms with Gasteiger partial charge in [0.25, 0.3) is 11.6 Å². The van der Waals surface area contributed by atoms with E-state index >= 15 is 0 Å². The van der Waals surface area contributed by atoms with Crippen LogP contribution in [-0.2, 0) is 0 Å². The molecule has 2 N–H and O–H groups in total. The number of pyridine rings is 1. The second kappa shape index (κ2) is 5.87. The minimum atomic E-state index is -0.565. The number of ether oxygens (including phenoxy) is 1. The Morgan fingerprint density at radius 3 is 2.71 bits per heavy atom. The van der Waals surface area contributed by atoms with Crippen LogP contribution in [0.3, 0.4) is 0 Å². The van der Waals surface area contributed by atoms with Crippen molar-refractivity contribution >= 4 is 17.3 Å². The number of nitro benzene ring substituents is 1. The lowest BCUT2D eigenvalue weighted by atomic mass is 10.2. The number of nitrogens with zero attached hydrogens (tertiary/aromatic N) is 1. The first-order chi connectivity index (χ1) is 10.0. The zero-order chi connectivity index (χ0) is 15.4. The van der Waals surface area contributed by atoms with Crippen molar-refractivity contribution in [1.29, 1.82) is 0 Å². The minimum Gasteiger partial charge on any atom is -0.494 e. The third-order valence-electron chi connectivity index (χ3n) is 2.68. The highest BCUT2D eigenvalue weighted by Crippen LogP contribution is 2.29. The van der Waals surface area contributed by atoms with Gasteiger partial charge in [-0.25, -0.2) is 0 Å². The van der Waals surface area contributed by atoms with Crippen molar-refractivity contribution in [2.75, 3.05) is 12.4 Å². The summed E-state index contributed by atoms with van der Waals surface area (Å²) in [6.07, 6.45) is 1.35. The number of hydrogen-bond acceptors (Lipinski definition) is 5. The van der Waals surface area contributed by atoms with Crippen LogP contribution in [0.4, 0.5) is 11.4 Å². The Labute approximate surface area is 118 Å². The number of H-pyrrole nitrogens is 1. The molecule has 1 aromatic carbocycles. The molecule has 21 heavy (non-hydrogen) atoms. The SMILES string of the molecule is COc1cc([N+](=O)[O-])ccc1NC(=O)c1cc[nH]c(=O)c1. The number of nitro groups is 1. The van der Waals surface area contributed by atoms with E-state index in [2.05, 4.69) is 10.3 Å². The predicted molar refractivity (Wildman–Crippen MR) is 74.7 cm³/mol. The van der Waals surface area contributed by atoms with Gasteiger partial charge in [-0.05, 0) is 12.1 Å². The maximum atomic E-state index is 12.0. The van der Waals surface area contributed by atoms with Gasteiger partial charge in [0.2, 0.25) is 5.56 Å². The molecule has 0 aliphatic carbocycles. The number of aromatic amines is 1. The molecule has 0 spiro atoms. The van der Waals surface area contributed by atoms with Crippen LogP contribution in [0.15, 0.2) is 41.3 Å². The van der Waals surface area contributed by atoms with Crippen LogP contribution >= 0.6 is 0 Å². The van der Waals surface area contributed by atoms with Crippen LogP contribution in [0, 0.1) is 10.1 Å². The molecule has 1 amide bonds. The Morgan fingerprint density at radius 2 is 2.10 bits per heavy atom.